The predicted octanol–water partition coefficient (Wildman–Crippen LogP) is 3.35. The van der Waals surface area contributed by atoms with Crippen LogP contribution in [0.5, 0.6) is 0 Å². The van der Waals surface area contributed by atoms with Gasteiger partial charge in [-0.1, -0.05) is 23.2 Å². The van der Waals surface area contributed by atoms with E-state index >= 15 is 0 Å². The van der Waals surface area contributed by atoms with Crippen LogP contribution >= 0.6 is 23.2 Å². The lowest BCUT2D eigenvalue weighted by molar-refractivity contribution is -0.123. The van der Waals surface area contributed by atoms with E-state index in [1.54, 1.807) is 16.9 Å². The van der Waals surface area contributed by atoms with Crippen LogP contribution in [0.3, 0.4) is 0 Å². The zero-order valence-electron chi connectivity index (χ0n) is 13.3. The summed E-state index contributed by atoms with van der Waals surface area (Å²) in [7, 11) is 0. The van der Waals surface area contributed by atoms with Crippen LogP contribution in [-0.2, 0) is 9.53 Å². The van der Waals surface area contributed by atoms with Gasteiger partial charge in [-0.05, 0) is 26.8 Å². The van der Waals surface area contributed by atoms with E-state index in [0.29, 0.717) is 5.82 Å². The minimum atomic E-state index is -1.01. The van der Waals surface area contributed by atoms with Gasteiger partial charge in [0, 0.05) is 18.3 Å². The number of nitrogens with one attached hydrogen (secondary N) is 1. The number of pyridine rings is 1. The van der Waals surface area contributed by atoms with Crippen molar-refractivity contribution in [1.29, 1.82) is 0 Å². The van der Waals surface area contributed by atoms with Crippen molar-refractivity contribution in [2.75, 3.05) is 5.32 Å². The second kappa shape index (κ2) is 7.63. The Bertz CT molecular complexity index is 761. The number of hydrogen-bond acceptors (Lipinski definition) is 5. The highest BCUT2D eigenvalue weighted by Crippen LogP contribution is 2.20. The Labute approximate surface area is 148 Å². The topological polar surface area (TPSA) is 86.1 Å². The average molecular weight is 371 g/mol. The first-order valence-electron chi connectivity index (χ1n) is 7.16. The monoisotopic (exact) mass is 370 g/mol. The van der Waals surface area contributed by atoms with E-state index < -0.39 is 18.0 Å². The number of carbonyl (C=O) groups is 2. The molecule has 2 heterocycles. The lowest BCUT2D eigenvalue weighted by Gasteiger charge is -2.15. The van der Waals surface area contributed by atoms with E-state index in [2.05, 4.69) is 15.4 Å². The molecule has 0 bridgehead atoms. The summed E-state index contributed by atoms with van der Waals surface area (Å²) in [6.45, 7) is 5.33. The summed E-state index contributed by atoms with van der Waals surface area (Å²) < 4.78 is 6.77. The summed E-state index contributed by atoms with van der Waals surface area (Å²) in [6, 6.07) is 3.07. The molecule has 0 aromatic carbocycles. The molecule has 2 aromatic rings. The first-order valence-corrected chi connectivity index (χ1v) is 7.91. The van der Waals surface area contributed by atoms with Crippen LogP contribution in [0, 0.1) is 0 Å². The summed E-state index contributed by atoms with van der Waals surface area (Å²) >= 11 is 11.5. The summed E-state index contributed by atoms with van der Waals surface area (Å²) in [4.78, 5) is 28.0. The van der Waals surface area contributed by atoms with E-state index in [-0.39, 0.29) is 21.8 Å². The van der Waals surface area contributed by atoms with Crippen LogP contribution in [0.15, 0.2) is 24.5 Å². The third kappa shape index (κ3) is 4.24. The van der Waals surface area contributed by atoms with Crippen LogP contribution < -0.4 is 5.32 Å². The number of ether oxygens (including phenoxy) is 1. The number of nitrogens with zero attached hydrogens (tertiary/aromatic N) is 3. The van der Waals surface area contributed by atoms with Gasteiger partial charge in [-0.2, -0.15) is 5.10 Å². The SMILES string of the molecule is CC(C)n1nccc1NC(=O)[C@@H](C)OC(=O)c1cnc(Cl)c(Cl)c1. The maximum atomic E-state index is 12.2. The maximum Gasteiger partial charge on any atom is 0.340 e. The molecule has 0 saturated carbocycles. The molecule has 1 amide bonds. The smallest absolute Gasteiger partial charge is 0.340 e. The van der Waals surface area contributed by atoms with Crippen molar-refractivity contribution in [3.05, 3.63) is 40.3 Å². The number of hydrogen-bond donors (Lipinski definition) is 1. The fourth-order valence-corrected chi connectivity index (χ4v) is 2.14. The first-order chi connectivity index (χ1) is 11.3. The second-order valence-corrected chi connectivity index (χ2v) is 6.05. The normalized spacial score (nSPS) is 12.1. The zero-order valence-corrected chi connectivity index (χ0v) is 14.8. The van der Waals surface area contributed by atoms with Gasteiger partial charge < -0.3 is 10.1 Å². The zero-order chi connectivity index (χ0) is 17.9. The third-order valence-corrected chi connectivity index (χ3v) is 3.78. The van der Waals surface area contributed by atoms with Gasteiger partial charge in [0.05, 0.1) is 16.8 Å². The number of carbonyl (C=O) groups excluding carboxylic acids is 2. The van der Waals surface area contributed by atoms with Gasteiger partial charge in [0.15, 0.2) is 6.10 Å². The van der Waals surface area contributed by atoms with Crippen molar-refractivity contribution in [3.63, 3.8) is 0 Å². The molecule has 0 unspecified atom stereocenters. The number of esters is 1. The molecular weight excluding hydrogens is 355 g/mol. The minimum absolute atomic E-state index is 0.0791. The second-order valence-electron chi connectivity index (χ2n) is 5.29. The van der Waals surface area contributed by atoms with Crippen LogP contribution in [0.25, 0.3) is 0 Å². The molecule has 1 N–H and O–H groups in total. The van der Waals surface area contributed by atoms with E-state index in [4.69, 9.17) is 27.9 Å². The summed E-state index contributed by atoms with van der Waals surface area (Å²) in [6.07, 6.45) is 1.80. The molecule has 0 aliphatic carbocycles. The quantitative estimate of drug-likeness (QED) is 0.644. The van der Waals surface area contributed by atoms with E-state index in [1.165, 1.54) is 19.2 Å². The Hall–Kier alpha value is -2.12. The standard InChI is InChI=1S/C15H16Cl2N4O3/c1-8(2)21-12(4-5-19-21)20-14(22)9(3)24-15(23)10-6-11(16)13(17)18-7-10/h4-9H,1-3H3,(H,20,22)/t9-/m1/s1. The molecule has 0 radical (unpaired) electrons. The minimum Gasteiger partial charge on any atom is -0.449 e. The molecule has 9 heteroatoms. The molecule has 0 fully saturated rings. The van der Waals surface area contributed by atoms with Gasteiger partial charge in [0.1, 0.15) is 11.0 Å². The fourth-order valence-electron chi connectivity index (χ4n) is 1.87. The molecule has 0 saturated heterocycles. The molecule has 0 aliphatic rings. The molecule has 2 aromatic heterocycles. The molecule has 24 heavy (non-hydrogen) atoms. The molecular formula is C15H16Cl2N4O3. The number of anilines is 1. The number of aromatic nitrogens is 3. The predicted molar refractivity (Wildman–Crippen MR) is 90.4 cm³/mol. The van der Waals surface area contributed by atoms with Crippen LogP contribution in [0.2, 0.25) is 10.2 Å². The highest BCUT2D eigenvalue weighted by Gasteiger charge is 2.21. The Kier molecular flexibility index (Phi) is 5.80. The van der Waals surface area contributed by atoms with Crippen LogP contribution in [0.1, 0.15) is 37.2 Å². The molecule has 7 nitrogen and oxygen atoms in total. The number of amides is 1. The number of halogens is 2. The van der Waals surface area contributed by atoms with Crippen LogP contribution in [-0.4, -0.2) is 32.7 Å². The molecule has 1 atom stereocenters. The van der Waals surface area contributed by atoms with Crippen molar-refractivity contribution in [3.8, 4) is 0 Å². The summed E-state index contributed by atoms with van der Waals surface area (Å²) in [5, 5.41) is 7.00. The van der Waals surface area contributed by atoms with Gasteiger partial charge in [-0.15, -0.1) is 0 Å². The van der Waals surface area contributed by atoms with Crippen molar-refractivity contribution >= 4 is 40.9 Å². The van der Waals surface area contributed by atoms with Gasteiger partial charge in [0.25, 0.3) is 5.91 Å². The number of rotatable bonds is 5. The molecule has 2 rings (SSSR count). The van der Waals surface area contributed by atoms with Crippen molar-refractivity contribution in [2.24, 2.45) is 0 Å². The Morgan fingerprint density at radius 3 is 2.62 bits per heavy atom. The largest absolute Gasteiger partial charge is 0.449 e. The third-order valence-electron chi connectivity index (χ3n) is 3.10. The summed E-state index contributed by atoms with van der Waals surface area (Å²) in [5.41, 5.74) is 0.108. The van der Waals surface area contributed by atoms with Crippen LogP contribution in [0.4, 0.5) is 5.82 Å². The fraction of sp³-hybridized carbons (Fsp3) is 0.333. The molecule has 0 spiro atoms. The van der Waals surface area contributed by atoms with E-state index in [9.17, 15) is 9.59 Å². The van der Waals surface area contributed by atoms with E-state index in [0.717, 1.165) is 0 Å². The molecule has 128 valence electrons. The summed E-state index contributed by atoms with van der Waals surface area (Å²) in [5.74, 6) is -0.672. The Morgan fingerprint density at radius 1 is 1.29 bits per heavy atom. The van der Waals surface area contributed by atoms with Crippen molar-refractivity contribution in [2.45, 2.75) is 32.9 Å². The lowest BCUT2D eigenvalue weighted by atomic mass is 10.3. The Morgan fingerprint density at radius 2 is 2.00 bits per heavy atom. The highest BCUT2D eigenvalue weighted by atomic mass is 35.5. The highest BCUT2D eigenvalue weighted by molar-refractivity contribution is 6.41. The Balaban J connectivity index is 2.01. The average Bonchev–Trinajstić information content (AvgIpc) is 2.98. The van der Waals surface area contributed by atoms with Gasteiger partial charge >= 0.3 is 5.97 Å². The van der Waals surface area contributed by atoms with Gasteiger partial charge in [0.2, 0.25) is 0 Å². The van der Waals surface area contributed by atoms with Crippen molar-refractivity contribution in [1.82, 2.24) is 14.8 Å². The molecule has 0 aliphatic heterocycles. The lowest BCUT2D eigenvalue weighted by Crippen LogP contribution is -2.31. The maximum absolute atomic E-state index is 12.2. The van der Waals surface area contributed by atoms with Gasteiger partial charge in [-0.3, -0.25) is 4.79 Å². The van der Waals surface area contributed by atoms with Crippen molar-refractivity contribution < 1.29 is 14.3 Å². The first kappa shape index (κ1) is 18.2. The van der Waals surface area contributed by atoms with E-state index in [1.807, 2.05) is 13.8 Å². The van der Waals surface area contributed by atoms with Gasteiger partial charge in [-0.25, -0.2) is 14.5 Å².